The summed E-state index contributed by atoms with van der Waals surface area (Å²) in [4.78, 5) is 6.80. The summed E-state index contributed by atoms with van der Waals surface area (Å²) in [7, 11) is 0. The van der Waals surface area contributed by atoms with Crippen molar-refractivity contribution in [3.63, 3.8) is 0 Å². The van der Waals surface area contributed by atoms with Crippen molar-refractivity contribution in [1.82, 2.24) is 15.0 Å². The lowest BCUT2D eigenvalue weighted by Gasteiger charge is -2.30. The van der Waals surface area contributed by atoms with E-state index in [-0.39, 0.29) is 12.1 Å². The Kier molecular flexibility index (Phi) is 5.51. The van der Waals surface area contributed by atoms with Gasteiger partial charge in [0.1, 0.15) is 6.10 Å². The highest BCUT2D eigenvalue weighted by molar-refractivity contribution is 4.97. The van der Waals surface area contributed by atoms with E-state index in [1.807, 2.05) is 0 Å². The fourth-order valence-electron chi connectivity index (χ4n) is 2.52. The molecule has 0 aliphatic carbocycles. The van der Waals surface area contributed by atoms with Gasteiger partial charge >= 0.3 is 0 Å². The number of morpholine rings is 1. The number of hydrogen-bond donors (Lipinski definition) is 1. The molecule has 0 saturated carbocycles. The van der Waals surface area contributed by atoms with Crippen LogP contribution in [0.4, 0.5) is 0 Å². The van der Waals surface area contributed by atoms with Crippen molar-refractivity contribution in [3.8, 4) is 0 Å². The molecule has 1 aliphatic heterocycles. The second-order valence-corrected chi connectivity index (χ2v) is 5.89. The lowest BCUT2D eigenvalue weighted by atomic mass is 10.0. The first-order chi connectivity index (χ1) is 9.60. The monoisotopic (exact) mass is 282 g/mol. The molecule has 0 bridgehead atoms. The number of ether oxygens (including phenoxy) is 1. The number of aromatic nitrogens is 2. The van der Waals surface area contributed by atoms with Gasteiger partial charge in [-0.25, -0.2) is 0 Å². The molecule has 0 aromatic carbocycles. The number of nitrogens with two attached hydrogens (primary N) is 1. The van der Waals surface area contributed by atoms with E-state index in [0.29, 0.717) is 24.2 Å². The SMILES string of the molecule is CCCN1CCOC(c2noc(C(N)CC(C)C)n2)C1. The van der Waals surface area contributed by atoms with Crippen molar-refractivity contribution >= 4 is 0 Å². The van der Waals surface area contributed by atoms with Crippen LogP contribution in [0.3, 0.4) is 0 Å². The van der Waals surface area contributed by atoms with E-state index in [2.05, 4.69) is 35.8 Å². The van der Waals surface area contributed by atoms with Gasteiger partial charge in [0.25, 0.3) is 0 Å². The van der Waals surface area contributed by atoms with E-state index in [1.165, 1.54) is 0 Å². The molecule has 2 N–H and O–H groups in total. The quantitative estimate of drug-likeness (QED) is 0.858. The third-order valence-electron chi connectivity index (χ3n) is 3.48. The van der Waals surface area contributed by atoms with Gasteiger partial charge in [0.2, 0.25) is 11.7 Å². The van der Waals surface area contributed by atoms with Crippen molar-refractivity contribution in [2.24, 2.45) is 11.7 Å². The lowest BCUT2D eigenvalue weighted by molar-refractivity contribution is -0.0350. The molecule has 1 saturated heterocycles. The molecule has 6 nitrogen and oxygen atoms in total. The van der Waals surface area contributed by atoms with Crippen LogP contribution in [0, 0.1) is 5.92 Å². The van der Waals surface area contributed by atoms with Crippen LogP contribution in [-0.2, 0) is 4.74 Å². The van der Waals surface area contributed by atoms with Crippen molar-refractivity contribution < 1.29 is 9.26 Å². The zero-order valence-corrected chi connectivity index (χ0v) is 12.7. The highest BCUT2D eigenvalue weighted by Gasteiger charge is 2.27. The summed E-state index contributed by atoms with van der Waals surface area (Å²) in [5.41, 5.74) is 6.07. The first-order valence-electron chi connectivity index (χ1n) is 7.53. The van der Waals surface area contributed by atoms with Crippen LogP contribution in [0.2, 0.25) is 0 Å². The molecule has 2 atom stereocenters. The van der Waals surface area contributed by atoms with Crippen molar-refractivity contribution in [2.75, 3.05) is 26.2 Å². The Balaban J connectivity index is 1.97. The molecule has 0 amide bonds. The lowest BCUT2D eigenvalue weighted by Crippen LogP contribution is -2.39. The van der Waals surface area contributed by atoms with Gasteiger partial charge in [0.15, 0.2) is 0 Å². The molecule has 6 heteroatoms. The minimum absolute atomic E-state index is 0.0981. The minimum Gasteiger partial charge on any atom is -0.367 e. The maximum absolute atomic E-state index is 6.07. The average Bonchev–Trinajstić information content (AvgIpc) is 2.88. The highest BCUT2D eigenvalue weighted by Crippen LogP contribution is 2.23. The second kappa shape index (κ2) is 7.15. The van der Waals surface area contributed by atoms with Gasteiger partial charge in [-0.1, -0.05) is 25.9 Å². The fraction of sp³-hybridized carbons (Fsp3) is 0.857. The summed E-state index contributed by atoms with van der Waals surface area (Å²) in [6, 6.07) is -0.188. The summed E-state index contributed by atoms with van der Waals surface area (Å²) in [5.74, 6) is 1.65. The van der Waals surface area contributed by atoms with E-state index in [4.69, 9.17) is 15.0 Å². The van der Waals surface area contributed by atoms with Gasteiger partial charge in [-0.05, 0) is 25.3 Å². The summed E-state index contributed by atoms with van der Waals surface area (Å²) >= 11 is 0. The molecule has 2 heterocycles. The maximum atomic E-state index is 6.07. The zero-order chi connectivity index (χ0) is 14.5. The van der Waals surface area contributed by atoms with Gasteiger partial charge < -0.3 is 15.0 Å². The molecular weight excluding hydrogens is 256 g/mol. The topological polar surface area (TPSA) is 77.4 Å². The number of hydrogen-bond acceptors (Lipinski definition) is 6. The molecule has 1 aromatic rings. The molecule has 20 heavy (non-hydrogen) atoms. The third-order valence-corrected chi connectivity index (χ3v) is 3.48. The van der Waals surface area contributed by atoms with Crippen molar-refractivity contribution in [2.45, 2.75) is 45.8 Å². The molecule has 114 valence electrons. The van der Waals surface area contributed by atoms with Crippen LogP contribution in [0.15, 0.2) is 4.52 Å². The molecule has 1 fully saturated rings. The molecule has 2 rings (SSSR count). The Morgan fingerprint density at radius 2 is 2.25 bits per heavy atom. The smallest absolute Gasteiger partial charge is 0.243 e. The van der Waals surface area contributed by atoms with E-state index in [0.717, 1.165) is 32.5 Å². The summed E-state index contributed by atoms with van der Waals surface area (Å²) in [5, 5.41) is 4.05. The van der Waals surface area contributed by atoms with Crippen molar-refractivity contribution in [3.05, 3.63) is 11.7 Å². The van der Waals surface area contributed by atoms with Gasteiger partial charge in [0.05, 0.1) is 12.6 Å². The van der Waals surface area contributed by atoms with Crippen LogP contribution >= 0.6 is 0 Å². The molecule has 1 aliphatic rings. The van der Waals surface area contributed by atoms with E-state index in [9.17, 15) is 0 Å². The average molecular weight is 282 g/mol. The Hall–Kier alpha value is -0.980. The summed E-state index contributed by atoms with van der Waals surface area (Å²) < 4.78 is 11.0. The van der Waals surface area contributed by atoms with Crippen LogP contribution < -0.4 is 5.73 Å². The van der Waals surface area contributed by atoms with E-state index < -0.39 is 0 Å². The Morgan fingerprint density at radius 1 is 1.45 bits per heavy atom. The van der Waals surface area contributed by atoms with Crippen LogP contribution in [0.1, 0.15) is 57.5 Å². The molecular formula is C14H26N4O2. The molecule has 0 spiro atoms. The largest absolute Gasteiger partial charge is 0.367 e. The summed E-state index contributed by atoms with van der Waals surface area (Å²) in [6.45, 7) is 10.0. The zero-order valence-electron chi connectivity index (χ0n) is 12.7. The van der Waals surface area contributed by atoms with E-state index in [1.54, 1.807) is 0 Å². The Morgan fingerprint density at radius 3 is 2.95 bits per heavy atom. The highest BCUT2D eigenvalue weighted by atomic mass is 16.5. The number of nitrogens with zero attached hydrogens (tertiary/aromatic N) is 3. The van der Waals surface area contributed by atoms with Gasteiger partial charge in [0, 0.05) is 13.1 Å². The Labute approximate surface area is 120 Å². The molecule has 0 radical (unpaired) electrons. The summed E-state index contributed by atoms with van der Waals surface area (Å²) in [6.07, 6.45) is 1.89. The fourth-order valence-corrected chi connectivity index (χ4v) is 2.52. The van der Waals surface area contributed by atoms with Crippen LogP contribution in [0.25, 0.3) is 0 Å². The van der Waals surface area contributed by atoms with Gasteiger partial charge in [-0.3, -0.25) is 4.90 Å². The minimum atomic E-state index is -0.188. The van der Waals surface area contributed by atoms with Gasteiger partial charge in [-0.2, -0.15) is 4.98 Å². The molecule has 1 aromatic heterocycles. The predicted molar refractivity (Wildman–Crippen MR) is 76.1 cm³/mol. The van der Waals surface area contributed by atoms with Crippen molar-refractivity contribution in [1.29, 1.82) is 0 Å². The first-order valence-corrected chi connectivity index (χ1v) is 7.53. The second-order valence-electron chi connectivity index (χ2n) is 5.89. The third kappa shape index (κ3) is 4.01. The van der Waals surface area contributed by atoms with Gasteiger partial charge in [-0.15, -0.1) is 0 Å². The molecule has 2 unspecified atom stereocenters. The van der Waals surface area contributed by atoms with Crippen LogP contribution in [0.5, 0.6) is 0 Å². The van der Waals surface area contributed by atoms with E-state index >= 15 is 0 Å². The standard InChI is InChI=1S/C14H26N4O2/c1-4-5-18-6-7-19-12(9-18)13-16-14(20-17-13)11(15)8-10(2)3/h10-12H,4-9,15H2,1-3H3. The first kappa shape index (κ1) is 15.4. The van der Waals surface area contributed by atoms with Crippen LogP contribution in [-0.4, -0.2) is 41.3 Å². The Bertz CT molecular complexity index is 406. The predicted octanol–water partition coefficient (Wildman–Crippen LogP) is 1.90. The maximum Gasteiger partial charge on any atom is 0.243 e. The number of rotatable bonds is 6. The normalized spacial score (nSPS) is 22.4.